The summed E-state index contributed by atoms with van der Waals surface area (Å²) in [6.07, 6.45) is -1.06. The monoisotopic (exact) mass is 281 g/mol. The zero-order valence-electron chi connectivity index (χ0n) is 10.7. The Labute approximate surface area is 113 Å². The number of nitrogens with zero attached hydrogens (tertiary/aromatic N) is 4. The van der Waals surface area contributed by atoms with Crippen molar-refractivity contribution in [3.05, 3.63) is 12.2 Å². The number of rotatable bonds is 2. The maximum absolute atomic E-state index is 9.88. The first-order valence-corrected chi connectivity index (χ1v) is 6.13. The summed E-state index contributed by atoms with van der Waals surface area (Å²) in [5.74, 6) is 0.152. The molecule has 1 saturated heterocycles. The molecule has 108 valence electrons. The molecule has 9 heteroatoms. The summed E-state index contributed by atoms with van der Waals surface area (Å²) in [4.78, 5) is 12.0. The Morgan fingerprint density at radius 1 is 1.45 bits per heavy atom. The molecular formula is C11H15N5O4. The van der Waals surface area contributed by atoms with Gasteiger partial charge < -0.3 is 25.8 Å². The summed E-state index contributed by atoms with van der Waals surface area (Å²) in [5, 5.41) is 28.8. The molecule has 9 nitrogen and oxygen atoms in total. The lowest BCUT2D eigenvalue weighted by atomic mass is 10.1. The van der Waals surface area contributed by atoms with Crippen LogP contribution in [0.3, 0.4) is 0 Å². The highest BCUT2D eigenvalue weighted by Crippen LogP contribution is 2.31. The Kier molecular flexibility index (Phi) is 3.05. The van der Waals surface area contributed by atoms with E-state index in [0.29, 0.717) is 11.5 Å². The number of ether oxygens (including phenoxy) is 1. The fourth-order valence-electron chi connectivity index (χ4n) is 2.36. The van der Waals surface area contributed by atoms with Crippen molar-refractivity contribution in [1.82, 2.24) is 19.5 Å². The van der Waals surface area contributed by atoms with Crippen LogP contribution in [0.25, 0.3) is 11.2 Å². The van der Waals surface area contributed by atoms with Crippen molar-refractivity contribution >= 4 is 11.2 Å². The minimum atomic E-state index is -0.987. The second-order valence-corrected chi connectivity index (χ2v) is 4.73. The maximum Gasteiger partial charge on any atom is 0.243 e. The van der Waals surface area contributed by atoms with Gasteiger partial charge in [-0.15, -0.1) is 0 Å². The first-order chi connectivity index (χ1) is 9.52. The van der Waals surface area contributed by atoms with E-state index in [1.807, 2.05) is 0 Å². The van der Waals surface area contributed by atoms with Gasteiger partial charge in [-0.05, 0) is 6.92 Å². The predicted molar refractivity (Wildman–Crippen MR) is 66.7 cm³/mol. The maximum atomic E-state index is 9.88. The van der Waals surface area contributed by atoms with Crippen molar-refractivity contribution in [2.24, 2.45) is 5.73 Å². The number of aromatic nitrogens is 4. The second kappa shape index (κ2) is 4.63. The van der Waals surface area contributed by atoms with Crippen LogP contribution in [0, 0.1) is 6.92 Å². The van der Waals surface area contributed by atoms with Gasteiger partial charge in [0, 0.05) is 0 Å². The van der Waals surface area contributed by atoms with Crippen molar-refractivity contribution in [3.8, 4) is 5.88 Å². The van der Waals surface area contributed by atoms with E-state index >= 15 is 0 Å². The quantitative estimate of drug-likeness (QED) is 0.517. The zero-order chi connectivity index (χ0) is 14.4. The van der Waals surface area contributed by atoms with Gasteiger partial charge in [-0.2, -0.15) is 4.98 Å². The molecule has 20 heavy (non-hydrogen) atoms. The molecule has 1 aliphatic heterocycles. The molecule has 3 rings (SSSR count). The molecule has 1 aliphatic rings. The molecule has 4 atom stereocenters. The lowest BCUT2D eigenvalue weighted by Crippen LogP contribution is -2.39. The summed E-state index contributed by atoms with van der Waals surface area (Å²) in [7, 11) is 0. The minimum Gasteiger partial charge on any atom is -0.492 e. The first-order valence-electron chi connectivity index (χ1n) is 6.13. The highest BCUT2D eigenvalue weighted by atomic mass is 16.5. The van der Waals surface area contributed by atoms with Crippen LogP contribution in [-0.4, -0.2) is 59.7 Å². The Bertz CT molecular complexity index is 645. The molecule has 0 spiro atoms. The molecule has 2 aromatic heterocycles. The van der Waals surface area contributed by atoms with Crippen molar-refractivity contribution in [3.63, 3.8) is 0 Å². The van der Waals surface area contributed by atoms with Crippen LogP contribution >= 0.6 is 0 Å². The molecule has 1 fully saturated rings. The minimum absolute atomic E-state index is 0.225. The van der Waals surface area contributed by atoms with Crippen LogP contribution in [-0.2, 0) is 4.74 Å². The SMILES string of the molecule is Cc1nc(O)c2ncn([C@H]3O[C@@H](CO)C(O)C3N)c2n1. The standard InChI is InChI=1S/C11H15N5O4/c1-4-14-9-7(10(19)15-4)13-3-16(9)11-6(12)8(18)5(2-17)20-11/h3,5-6,8,11,17-18H,2,12H2,1H3,(H,14,15,19)/t5-,6?,8?,11-/m0/s1. The van der Waals surface area contributed by atoms with Crippen molar-refractivity contribution in [2.45, 2.75) is 31.4 Å². The van der Waals surface area contributed by atoms with E-state index in [4.69, 9.17) is 15.6 Å². The largest absolute Gasteiger partial charge is 0.492 e. The number of imidazole rings is 1. The van der Waals surface area contributed by atoms with Crippen molar-refractivity contribution in [1.29, 1.82) is 0 Å². The van der Waals surface area contributed by atoms with E-state index in [9.17, 15) is 10.2 Å². The second-order valence-electron chi connectivity index (χ2n) is 4.73. The predicted octanol–water partition coefficient (Wildman–Crippen LogP) is -1.58. The molecule has 0 saturated carbocycles. The lowest BCUT2D eigenvalue weighted by molar-refractivity contribution is -0.0437. The average molecular weight is 281 g/mol. The van der Waals surface area contributed by atoms with Crippen LogP contribution in [0.4, 0.5) is 0 Å². The molecule has 0 amide bonds. The number of aliphatic hydroxyl groups excluding tert-OH is 2. The summed E-state index contributed by atoms with van der Waals surface area (Å²) >= 11 is 0. The van der Waals surface area contributed by atoms with E-state index in [1.54, 1.807) is 6.92 Å². The van der Waals surface area contributed by atoms with Gasteiger partial charge in [-0.3, -0.25) is 4.57 Å². The molecule has 0 aliphatic carbocycles. The number of aryl methyl sites for hydroxylation is 1. The number of aromatic hydroxyl groups is 1. The summed E-state index contributed by atoms with van der Waals surface area (Å²) in [6.45, 7) is 1.30. The van der Waals surface area contributed by atoms with Crippen LogP contribution in [0.15, 0.2) is 6.33 Å². The molecule has 0 bridgehead atoms. The number of fused-ring (bicyclic) bond motifs is 1. The fourth-order valence-corrected chi connectivity index (χ4v) is 2.36. The van der Waals surface area contributed by atoms with Crippen molar-refractivity contribution in [2.75, 3.05) is 6.61 Å². The fraction of sp³-hybridized carbons (Fsp3) is 0.545. The van der Waals surface area contributed by atoms with Crippen LogP contribution in [0.2, 0.25) is 0 Å². The number of hydrogen-bond acceptors (Lipinski definition) is 8. The van der Waals surface area contributed by atoms with E-state index < -0.39 is 24.5 Å². The van der Waals surface area contributed by atoms with E-state index in [1.165, 1.54) is 10.9 Å². The van der Waals surface area contributed by atoms with E-state index in [2.05, 4.69) is 15.0 Å². The molecule has 2 aromatic rings. The van der Waals surface area contributed by atoms with Crippen LogP contribution < -0.4 is 5.73 Å². The van der Waals surface area contributed by atoms with Gasteiger partial charge in [0.05, 0.1) is 19.0 Å². The average Bonchev–Trinajstić information content (AvgIpc) is 2.93. The van der Waals surface area contributed by atoms with E-state index in [0.717, 1.165) is 0 Å². The van der Waals surface area contributed by atoms with Gasteiger partial charge in [0.1, 0.15) is 18.0 Å². The Morgan fingerprint density at radius 2 is 2.20 bits per heavy atom. The van der Waals surface area contributed by atoms with Gasteiger partial charge in [0.15, 0.2) is 17.4 Å². The van der Waals surface area contributed by atoms with Crippen LogP contribution in [0.1, 0.15) is 12.1 Å². The number of aliphatic hydroxyl groups is 2. The molecule has 0 radical (unpaired) electrons. The molecule has 5 N–H and O–H groups in total. The third kappa shape index (κ3) is 1.83. The van der Waals surface area contributed by atoms with Gasteiger partial charge >= 0.3 is 0 Å². The molecule has 3 heterocycles. The normalized spacial score (nSPS) is 30.2. The Balaban J connectivity index is 2.07. The topological polar surface area (TPSA) is 140 Å². The Morgan fingerprint density at radius 3 is 2.85 bits per heavy atom. The third-order valence-corrected chi connectivity index (χ3v) is 3.39. The zero-order valence-corrected chi connectivity index (χ0v) is 10.7. The lowest BCUT2D eigenvalue weighted by Gasteiger charge is -2.17. The Hall–Kier alpha value is -1.81. The first kappa shape index (κ1) is 13.2. The van der Waals surface area contributed by atoms with Gasteiger partial charge in [-0.25, -0.2) is 9.97 Å². The summed E-state index contributed by atoms with van der Waals surface area (Å²) in [6, 6.07) is -0.734. The highest BCUT2D eigenvalue weighted by molar-refractivity contribution is 5.76. The molecular weight excluding hydrogens is 266 g/mol. The number of nitrogens with two attached hydrogens (primary N) is 1. The van der Waals surface area contributed by atoms with Gasteiger partial charge in [0.2, 0.25) is 5.88 Å². The number of hydrogen-bond donors (Lipinski definition) is 4. The van der Waals surface area contributed by atoms with E-state index in [-0.39, 0.29) is 18.0 Å². The summed E-state index contributed by atoms with van der Waals surface area (Å²) < 4.78 is 7.04. The third-order valence-electron chi connectivity index (χ3n) is 3.39. The van der Waals surface area contributed by atoms with Crippen molar-refractivity contribution < 1.29 is 20.1 Å². The molecule has 2 unspecified atom stereocenters. The van der Waals surface area contributed by atoms with Gasteiger partial charge in [-0.1, -0.05) is 0 Å². The smallest absolute Gasteiger partial charge is 0.243 e. The molecule has 0 aromatic carbocycles. The highest BCUT2D eigenvalue weighted by Gasteiger charge is 2.42. The van der Waals surface area contributed by atoms with Gasteiger partial charge in [0.25, 0.3) is 0 Å². The van der Waals surface area contributed by atoms with Crippen LogP contribution in [0.5, 0.6) is 5.88 Å². The summed E-state index contributed by atoms with van der Waals surface area (Å²) in [5.41, 5.74) is 6.50.